The Morgan fingerprint density at radius 3 is 2.67 bits per heavy atom. The van der Waals surface area contributed by atoms with Gasteiger partial charge in [0.15, 0.2) is 0 Å². The van der Waals surface area contributed by atoms with Gasteiger partial charge in [0, 0.05) is 16.9 Å². The molecule has 2 heterocycles. The largest absolute Gasteiger partial charge is 0.481 e. The number of aliphatic hydroxyl groups excluding tert-OH is 1. The maximum Gasteiger partial charge on any atom is 0.303 e. The van der Waals surface area contributed by atoms with Gasteiger partial charge in [-0.1, -0.05) is 50.5 Å². The van der Waals surface area contributed by atoms with Crippen LogP contribution >= 0.6 is 11.8 Å². The molecule has 0 aromatic heterocycles. The van der Waals surface area contributed by atoms with E-state index in [-0.39, 0.29) is 17.9 Å². The molecule has 27 heavy (non-hydrogen) atoms. The topological polar surface area (TPSA) is 57.5 Å². The molecule has 2 saturated heterocycles. The number of hydrogen-bond donors (Lipinski definition) is 2. The summed E-state index contributed by atoms with van der Waals surface area (Å²) in [7, 11) is 0. The number of rotatable bonds is 9. The zero-order valence-corrected chi connectivity index (χ0v) is 17.5. The molecule has 4 heteroatoms. The van der Waals surface area contributed by atoms with Gasteiger partial charge in [0.25, 0.3) is 0 Å². The van der Waals surface area contributed by atoms with Crippen molar-refractivity contribution in [3.63, 3.8) is 0 Å². The third-order valence-electron chi connectivity index (χ3n) is 7.05. The van der Waals surface area contributed by atoms with E-state index in [0.717, 1.165) is 42.6 Å². The van der Waals surface area contributed by atoms with Gasteiger partial charge in [-0.15, -0.1) is 0 Å². The summed E-state index contributed by atoms with van der Waals surface area (Å²) in [5.41, 5.74) is 0.0685. The second kappa shape index (κ2) is 9.65. The van der Waals surface area contributed by atoms with E-state index in [1.165, 1.54) is 32.1 Å². The number of carboxylic acid groups (broad SMARTS) is 1. The highest BCUT2D eigenvalue weighted by atomic mass is 32.2. The molecule has 2 aliphatic heterocycles. The zero-order chi connectivity index (χ0) is 19.3. The van der Waals surface area contributed by atoms with Crippen LogP contribution in [0.5, 0.6) is 0 Å². The SMILES string of the molecule is CC1(C(O)/C=C/[C@@H]2[C@H](C/C=C\CCCC(=O)O)[C@@H]3CC[C@H]2S3)CCCCC1. The van der Waals surface area contributed by atoms with Crippen LogP contribution in [0.25, 0.3) is 0 Å². The van der Waals surface area contributed by atoms with Crippen molar-refractivity contribution in [1.82, 2.24) is 0 Å². The molecule has 0 aromatic carbocycles. The molecule has 0 spiro atoms. The highest BCUT2D eigenvalue weighted by Gasteiger charge is 2.46. The minimum atomic E-state index is -0.705. The number of aliphatic carboxylic acids is 1. The molecule has 2 bridgehead atoms. The van der Waals surface area contributed by atoms with Crippen molar-refractivity contribution >= 4 is 17.7 Å². The average molecular weight is 393 g/mol. The van der Waals surface area contributed by atoms with Gasteiger partial charge in [-0.05, 0) is 62.2 Å². The Balaban J connectivity index is 1.53. The van der Waals surface area contributed by atoms with Gasteiger partial charge in [0.2, 0.25) is 0 Å². The van der Waals surface area contributed by atoms with Gasteiger partial charge in [0.1, 0.15) is 0 Å². The summed E-state index contributed by atoms with van der Waals surface area (Å²) in [5, 5.41) is 21.0. The lowest BCUT2D eigenvalue weighted by Gasteiger charge is -2.37. The lowest BCUT2D eigenvalue weighted by molar-refractivity contribution is -0.137. The van der Waals surface area contributed by atoms with Gasteiger partial charge >= 0.3 is 5.97 Å². The number of hydrogen-bond acceptors (Lipinski definition) is 3. The van der Waals surface area contributed by atoms with Gasteiger partial charge < -0.3 is 10.2 Å². The van der Waals surface area contributed by atoms with Crippen LogP contribution in [0.3, 0.4) is 0 Å². The van der Waals surface area contributed by atoms with E-state index < -0.39 is 5.97 Å². The van der Waals surface area contributed by atoms with Crippen molar-refractivity contribution in [2.45, 2.75) is 94.2 Å². The number of aliphatic hydroxyl groups is 1. The molecule has 1 unspecified atom stereocenters. The fraction of sp³-hybridized carbons (Fsp3) is 0.783. The van der Waals surface area contributed by atoms with Crippen LogP contribution in [-0.2, 0) is 4.79 Å². The van der Waals surface area contributed by atoms with Gasteiger partial charge in [0.05, 0.1) is 6.10 Å². The summed E-state index contributed by atoms with van der Waals surface area (Å²) in [6, 6.07) is 0. The number of unbranched alkanes of at least 4 members (excludes halogenated alkanes) is 1. The van der Waals surface area contributed by atoms with Crippen LogP contribution < -0.4 is 0 Å². The Morgan fingerprint density at radius 1 is 1.19 bits per heavy atom. The van der Waals surface area contributed by atoms with Crippen LogP contribution in [0.4, 0.5) is 0 Å². The summed E-state index contributed by atoms with van der Waals surface area (Å²) >= 11 is 2.16. The smallest absolute Gasteiger partial charge is 0.303 e. The summed E-state index contributed by atoms with van der Waals surface area (Å²) < 4.78 is 0. The van der Waals surface area contributed by atoms with Gasteiger partial charge in [-0.3, -0.25) is 4.79 Å². The molecular weight excluding hydrogens is 356 g/mol. The van der Waals surface area contributed by atoms with Gasteiger partial charge in [-0.25, -0.2) is 0 Å². The van der Waals surface area contributed by atoms with E-state index in [2.05, 4.69) is 43.0 Å². The normalized spacial score (nSPS) is 33.9. The van der Waals surface area contributed by atoms with E-state index in [9.17, 15) is 9.90 Å². The number of carbonyl (C=O) groups is 1. The molecule has 2 N–H and O–H groups in total. The highest BCUT2D eigenvalue weighted by molar-refractivity contribution is 8.01. The first-order valence-corrected chi connectivity index (χ1v) is 11.8. The first kappa shape index (κ1) is 21.0. The van der Waals surface area contributed by atoms with E-state index in [1.807, 2.05) is 0 Å². The number of carboxylic acids is 1. The van der Waals surface area contributed by atoms with Crippen molar-refractivity contribution in [3.05, 3.63) is 24.3 Å². The molecule has 0 radical (unpaired) electrons. The predicted molar refractivity (Wildman–Crippen MR) is 113 cm³/mol. The third-order valence-corrected chi connectivity index (χ3v) is 8.88. The van der Waals surface area contributed by atoms with Crippen molar-refractivity contribution < 1.29 is 15.0 Å². The molecule has 3 aliphatic rings. The summed E-state index contributed by atoms with van der Waals surface area (Å²) in [5.74, 6) is 0.551. The van der Waals surface area contributed by atoms with E-state index in [4.69, 9.17) is 5.11 Å². The summed E-state index contributed by atoms with van der Waals surface area (Å²) in [4.78, 5) is 10.6. The summed E-state index contributed by atoms with van der Waals surface area (Å²) in [6.07, 6.45) is 20.3. The molecule has 3 nitrogen and oxygen atoms in total. The monoisotopic (exact) mass is 392 g/mol. The van der Waals surface area contributed by atoms with Gasteiger partial charge in [-0.2, -0.15) is 11.8 Å². The Kier molecular flexibility index (Phi) is 7.49. The highest BCUT2D eigenvalue weighted by Crippen LogP contribution is 2.55. The van der Waals surface area contributed by atoms with Crippen molar-refractivity contribution in [3.8, 4) is 0 Å². The Labute approximate surface area is 168 Å². The zero-order valence-electron chi connectivity index (χ0n) is 16.7. The number of thioether (sulfide) groups is 1. The van der Waals surface area contributed by atoms with Crippen LogP contribution in [0.15, 0.2) is 24.3 Å². The van der Waals surface area contributed by atoms with E-state index >= 15 is 0 Å². The Hall–Kier alpha value is -0.740. The second-order valence-corrected chi connectivity index (χ2v) is 10.6. The van der Waals surface area contributed by atoms with Crippen molar-refractivity contribution in [1.29, 1.82) is 0 Å². The molecule has 3 rings (SSSR count). The number of fused-ring (bicyclic) bond motifs is 2. The quantitative estimate of drug-likeness (QED) is 0.397. The first-order valence-electron chi connectivity index (χ1n) is 10.9. The standard InChI is InChI=1S/C23H36O3S/c1-23(15-7-4-8-16-23)21(24)14-11-18-17(19-12-13-20(18)27-19)9-5-2-3-6-10-22(25)26/h2,5,11,14,17-21,24H,3-4,6-10,12-13,15-16H2,1H3,(H,25,26)/b5-2-,14-11+/t17-,18+,19-,20+,21?/m0/s1. The lowest BCUT2D eigenvalue weighted by Crippen LogP contribution is -2.33. The van der Waals surface area contributed by atoms with E-state index in [0.29, 0.717) is 11.8 Å². The predicted octanol–water partition coefficient (Wildman–Crippen LogP) is 5.59. The molecule has 1 aliphatic carbocycles. The van der Waals surface area contributed by atoms with E-state index in [1.54, 1.807) is 0 Å². The third kappa shape index (κ3) is 5.41. The molecule has 0 amide bonds. The Bertz CT molecular complexity index is 550. The Morgan fingerprint density at radius 2 is 1.93 bits per heavy atom. The first-order chi connectivity index (χ1) is 13.0. The molecule has 1 saturated carbocycles. The van der Waals surface area contributed by atoms with Crippen LogP contribution in [0, 0.1) is 17.3 Å². The maximum absolute atomic E-state index is 10.8. The van der Waals surface area contributed by atoms with Crippen molar-refractivity contribution in [2.75, 3.05) is 0 Å². The molecule has 5 atom stereocenters. The average Bonchev–Trinajstić information content (AvgIpc) is 3.24. The maximum atomic E-state index is 10.8. The van der Waals surface area contributed by atoms with Crippen molar-refractivity contribution in [2.24, 2.45) is 17.3 Å². The molecule has 3 fully saturated rings. The second-order valence-electron chi connectivity index (χ2n) is 9.07. The summed E-state index contributed by atoms with van der Waals surface area (Å²) in [6.45, 7) is 2.26. The molecule has 0 aromatic rings. The van der Waals surface area contributed by atoms with Crippen LogP contribution in [-0.4, -0.2) is 32.8 Å². The molecule has 152 valence electrons. The van der Waals surface area contributed by atoms with Crippen LogP contribution in [0.1, 0.15) is 77.6 Å². The fourth-order valence-corrected chi connectivity index (χ4v) is 7.21. The lowest BCUT2D eigenvalue weighted by atomic mass is 9.71. The minimum Gasteiger partial charge on any atom is -0.481 e. The minimum absolute atomic E-state index is 0.0685. The molecular formula is C23H36O3S. The number of allylic oxidation sites excluding steroid dienone is 3. The van der Waals surface area contributed by atoms with Crippen LogP contribution in [0.2, 0.25) is 0 Å². The fourth-order valence-electron chi connectivity index (χ4n) is 5.25.